The number of rotatable bonds is 9. The van der Waals surface area contributed by atoms with Gasteiger partial charge in [0, 0.05) is 17.2 Å². The third-order valence-electron chi connectivity index (χ3n) is 8.65. The van der Waals surface area contributed by atoms with Gasteiger partial charge >= 0.3 is 0 Å². The van der Waals surface area contributed by atoms with Crippen molar-refractivity contribution in [2.45, 2.75) is 95.5 Å². The summed E-state index contributed by atoms with van der Waals surface area (Å²) in [5.74, 6) is -1.11. The van der Waals surface area contributed by atoms with Crippen LogP contribution in [0.5, 0.6) is 28.7 Å². The minimum absolute atomic E-state index is 0.0171. The van der Waals surface area contributed by atoms with Crippen molar-refractivity contribution in [1.29, 1.82) is 0 Å². The van der Waals surface area contributed by atoms with Gasteiger partial charge in [-0.3, -0.25) is 4.79 Å². The summed E-state index contributed by atoms with van der Waals surface area (Å²) < 4.78 is 40.0. The minimum Gasteiger partial charge on any atom is -0.507 e. The van der Waals surface area contributed by atoms with Crippen molar-refractivity contribution in [3.8, 4) is 40.1 Å². The largest absolute Gasteiger partial charge is 0.507 e. The van der Waals surface area contributed by atoms with Crippen LogP contribution < -0.4 is 19.6 Å². The first kappa shape index (κ1) is 36.4. The number of phenolic OH excluding ortho intramolecular Hbond substituents is 2. The van der Waals surface area contributed by atoms with Crippen LogP contribution in [0.15, 0.2) is 45.1 Å². The normalized spacial score (nSPS) is 30.2. The van der Waals surface area contributed by atoms with Crippen LogP contribution in [-0.4, -0.2) is 111 Å². The lowest BCUT2D eigenvalue weighted by molar-refractivity contribution is -0.345. The van der Waals surface area contributed by atoms with Crippen molar-refractivity contribution in [3.63, 3.8) is 0 Å². The van der Waals surface area contributed by atoms with Gasteiger partial charge in [0.25, 0.3) is 0 Å². The molecule has 0 amide bonds. The van der Waals surface area contributed by atoms with Gasteiger partial charge in [0.05, 0.1) is 26.4 Å². The second-order valence-corrected chi connectivity index (χ2v) is 12.3. The van der Waals surface area contributed by atoms with E-state index < -0.39 is 78.3 Å². The van der Waals surface area contributed by atoms with E-state index in [-0.39, 0.29) is 46.0 Å². The Morgan fingerprint density at radius 3 is 2.10 bits per heavy atom. The van der Waals surface area contributed by atoms with Gasteiger partial charge in [0.15, 0.2) is 23.5 Å². The highest BCUT2D eigenvalue weighted by atomic mass is 16.7. The number of fused-ring (bicyclic) bond motifs is 1. The summed E-state index contributed by atoms with van der Waals surface area (Å²) in [4.78, 5) is 14.2. The maximum Gasteiger partial charge on any atom is 0.239 e. The molecule has 0 spiro atoms. The number of aliphatic hydroxyl groups is 5. The van der Waals surface area contributed by atoms with E-state index in [0.29, 0.717) is 5.56 Å². The lowest BCUT2D eigenvalue weighted by Crippen LogP contribution is -2.63. The molecule has 2 saturated heterocycles. The molecule has 0 unspecified atom stereocenters. The van der Waals surface area contributed by atoms with Gasteiger partial charge in [0.2, 0.25) is 17.5 Å². The quantitative estimate of drug-likeness (QED) is 0.158. The highest BCUT2D eigenvalue weighted by Crippen LogP contribution is 2.42. The Bertz CT molecular complexity index is 1750. The summed E-state index contributed by atoms with van der Waals surface area (Å²) in [7, 11) is 2.77. The molecule has 0 aliphatic carbocycles. The van der Waals surface area contributed by atoms with Gasteiger partial charge in [-0.2, -0.15) is 0 Å². The molecule has 10 atom stereocenters. The van der Waals surface area contributed by atoms with Gasteiger partial charge in [0.1, 0.15) is 59.1 Å². The van der Waals surface area contributed by atoms with Gasteiger partial charge in [-0.05, 0) is 52.3 Å². The first-order chi connectivity index (χ1) is 23.2. The Labute approximate surface area is 281 Å². The molecule has 15 heteroatoms. The maximum atomic E-state index is 14.2. The standard InChI is InChI=1S/C34H42O15/c1-13(2)7-9-17-21(44-6)12-19(36)22-24(38)32(30(47-31(17)22)16-8-10-20(43-5)18(35)11-16)49-34-28(42)26(40)29(15(4)46-34)48-33-27(41)25(39)23(37)14(3)45-33/h7-8,10-12,14-15,23,25-29,33-37,39-42H,9H2,1-6H3/t14-,15-,23-,25+,26-,27+,28+,29-,33-,34-/m0/s1. The van der Waals surface area contributed by atoms with Crippen molar-refractivity contribution in [1.82, 2.24) is 0 Å². The van der Waals surface area contributed by atoms with Crippen molar-refractivity contribution in [2.24, 2.45) is 0 Å². The van der Waals surface area contributed by atoms with Crippen molar-refractivity contribution >= 4 is 11.0 Å². The number of hydrogen-bond acceptors (Lipinski definition) is 15. The zero-order chi connectivity index (χ0) is 35.9. The number of aromatic hydroxyl groups is 2. The van der Waals surface area contributed by atoms with Crippen LogP contribution in [0.25, 0.3) is 22.3 Å². The fourth-order valence-corrected chi connectivity index (χ4v) is 5.86. The summed E-state index contributed by atoms with van der Waals surface area (Å²) in [5.41, 5.74) is 0.688. The van der Waals surface area contributed by atoms with Crippen LogP contribution >= 0.6 is 0 Å². The molecule has 2 aliphatic rings. The summed E-state index contributed by atoms with van der Waals surface area (Å²) in [6, 6.07) is 5.47. The lowest BCUT2D eigenvalue weighted by atomic mass is 9.97. The first-order valence-electron chi connectivity index (χ1n) is 15.6. The first-order valence-corrected chi connectivity index (χ1v) is 15.6. The van der Waals surface area contributed by atoms with Gasteiger partial charge in [-0.15, -0.1) is 0 Å². The Morgan fingerprint density at radius 2 is 1.47 bits per heavy atom. The second-order valence-electron chi connectivity index (χ2n) is 12.3. The van der Waals surface area contributed by atoms with Crippen LogP contribution in [0.4, 0.5) is 0 Å². The van der Waals surface area contributed by atoms with Crippen LogP contribution in [0, 0.1) is 0 Å². The van der Waals surface area contributed by atoms with E-state index in [9.17, 15) is 40.5 Å². The summed E-state index contributed by atoms with van der Waals surface area (Å²) >= 11 is 0. The SMILES string of the molecule is COc1ccc(-c2oc3c(CC=C(C)C)c(OC)cc(O)c3c(=O)c2O[C@@H]2O[C@@H](C)[C@H](O[C@@H]3O[C@@H](C)[C@H](O)[C@@H](O)[C@H]3O)[C@@H](O)[C@H]2O)cc1O. The number of ether oxygens (including phenoxy) is 6. The average molecular weight is 691 g/mol. The Hall–Kier alpha value is -3.93. The fraction of sp³-hybridized carbons (Fsp3) is 0.500. The molecular weight excluding hydrogens is 648 g/mol. The highest BCUT2D eigenvalue weighted by Gasteiger charge is 2.50. The summed E-state index contributed by atoms with van der Waals surface area (Å²) in [6.07, 6.45) is -12.6. The number of hydrogen-bond donors (Lipinski definition) is 7. The number of aliphatic hydroxyl groups excluding tert-OH is 5. The van der Waals surface area contributed by atoms with Crippen LogP contribution in [0.2, 0.25) is 0 Å². The predicted molar refractivity (Wildman–Crippen MR) is 172 cm³/mol. The number of methoxy groups -OCH3 is 2. The predicted octanol–water partition coefficient (Wildman–Crippen LogP) is 1.46. The van der Waals surface area contributed by atoms with E-state index in [2.05, 4.69) is 0 Å². The van der Waals surface area contributed by atoms with E-state index in [1.54, 1.807) is 0 Å². The Kier molecular flexibility index (Phi) is 10.8. The third-order valence-corrected chi connectivity index (χ3v) is 8.65. The topological polar surface area (TPSA) is 227 Å². The molecule has 2 aliphatic heterocycles. The van der Waals surface area contributed by atoms with Crippen molar-refractivity contribution < 1.29 is 68.6 Å². The molecule has 3 aromatic rings. The fourth-order valence-electron chi connectivity index (χ4n) is 5.86. The number of phenols is 2. The number of allylic oxidation sites excluding steroid dienone is 2. The molecule has 5 rings (SSSR count). The van der Waals surface area contributed by atoms with E-state index in [0.717, 1.165) is 5.57 Å². The molecule has 7 N–H and O–H groups in total. The minimum atomic E-state index is -1.86. The molecule has 49 heavy (non-hydrogen) atoms. The zero-order valence-corrected chi connectivity index (χ0v) is 27.8. The highest BCUT2D eigenvalue weighted by molar-refractivity contribution is 5.91. The van der Waals surface area contributed by atoms with Crippen LogP contribution in [0.1, 0.15) is 33.3 Å². The van der Waals surface area contributed by atoms with Crippen molar-refractivity contribution in [2.75, 3.05) is 14.2 Å². The average Bonchev–Trinajstić information content (AvgIpc) is 3.06. The monoisotopic (exact) mass is 690 g/mol. The van der Waals surface area contributed by atoms with Crippen molar-refractivity contribution in [3.05, 3.63) is 51.7 Å². The lowest BCUT2D eigenvalue weighted by Gasteiger charge is -2.45. The molecule has 0 saturated carbocycles. The molecule has 1 aromatic heterocycles. The van der Waals surface area contributed by atoms with Crippen LogP contribution in [0.3, 0.4) is 0 Å². The third kappa shape index (κ3) is 6.93. The summed E-state index contributed by atoms with van der Waals surface area (Å²) in [5, 5.41) is 74.2. The van der Waals surface area contributed by atoms with E-state index in [1.807, 2.05) is 19.9 Å². The van der Waals surface area contributed by atoms with E-state index >= 15 is 0 Å². The van der Waals surface area contributed by atoms with Gasteiger partial charge < -0.3 is 68.6 Å². The van der Waals surface area contributed by atoms with Crippen LogP contribution in [-0.2, 0) is 20.6 Å². The zero-order valence-electron chi connectivity index (χ0n) is 27.8. The van der Waals surface area contributed by atoms with E-state index in [1.165, 1.54) is 52.3 Å². The molecule has 3 heterocycles. The molecule has 2 fully saturated rings. The van der Waals surface area contributed by atoms with Gasteiger partial charge in [-0.1, -0.05) is 11.6 Å². The van der Waals surface area contributed by atoms with Gasteiger partial charge in [-0.25, -0.2) is 0 Å². The Morgan fingerprint density at radius 1 is 0.816 bits per heavy atom. The molecule has 0 bridgehead atoms. The molecule has 2 aromatic carbocycles. The molecular formula is C34H42O15. The molecule has 0 radical (unpaired) electrons. The smallest absolute Gasteiger partial charge is 0.239 e. The summed E-state index contributed by atoms with van der Waals surface area (Å²) in [6.45, 7) is 6.71. The number of benzene rings is 2. The molecule has 268 valence electrons. The maximum absolute atomic E-state index is 14.2. The van der Waals surface area contributed by atoms with E-state index in [4.69, 9.17) is 32.8 Å². The second kappa shape index (κ2) is 14.5. The Balaban J connectivity index is 1.57. The molecule has 15 nitrogen and oxygen atoms in total.